The highest BCUT2D eigenvalue weighted by atomic mass is 32.2. The van der Waals surface area contributed by atoms with Gasteiger partial charge in [-0.2, -0.15) is 16.2 Å². The number of halogens is 2. The molecule has 0 spiro atoms. The molecule has 1 fully saturated rings. The Kier molecular flexibility index (Phi) is 4.46. The smallest absolute Gasteiger partial charge is 0.308 e. The van der Waals surface area contributed by atoms with Crippen LogP contribution in [0, 0.1) is 21.7 Å². The number of hydrogen-bond acceptors (Lipinski definition) is 4. The molecule has 21 heavy (non-hydrogen) atoms. The molecule has 114 valence electrons. The van der Waals surface area contributed by atoms with Gasteiger partial charge in [-0.1, -0.05) is 6.92 Å². The largest absolute Gasteiger partial charge is 0.334 e. The summed E-state index contributed by atoms with van der Waals surface area (Å²) in [5.74, 6) is -2.31. The van der Waals surface area contributed by atoms with Crippen LogP contribution in [-0.4, -0.2) is 39.3 Å². The van der Waals surface area contributed by atoms with Crippen molar-refractivity contribution in [2.45, 2.75) is 25.1 Å². The molecule has 2 rings (SSSR count). The quantitative estimate of drug-likeness (QED) is 0.622. The van der Waals surface area contributed by atoms with E-state index >= 15 is 0 Å². The van der Waals surface area contributed by atoms with E-state index in [-0.39, 0.29) is 11.3 Å². The van der Waals surface area contributed by atoms with Crippen molar-refractivity contribution in [1.82, 2.24) is 4.90 Å². The zero-order valence-corrected chi connectivity index (χ0v) is 12.3. The van der Waals surface area contributed by atoms with E-state index in [1.165, 1.54) is 4.90 Å². The molecule has 0 saturated carbocycles. The van der Waals surface area contributed by atoms with Crippen LogP contribution in [0.3, 0.4) is 0 Å². The molecular weight excluding hydrogens is 302 g/mol. The lowest BCUT2D eigenvalue weighted by molar-refractivity contribution is -0.387. The highest BCUT2D eigenvalue weighted by Gasteiger charge is 2.33. The molecule has 1 saturated heterocycles. The third kappa shape index (κ3) is 2.99. The Balaban J connectivity index is 2.41. The monoisotopic (exact) mass is 316 g/mol. The summed E-state index contributed by atoms with van der Waals surface area (Å²) in [7, 11) is 0. The third-order valence-electron chi connectivity index (χ3n) is 3.59. The molecule has 1 amide bonds. The number of nitro benzene ring substituents is 1. The standard InChI is InChI=1S/C13H14F2N2O3S/c1-7-8(2)21-4-3-16(7)13(18)10-5-9(14)6-11(12(10)15)17(19)20/h5-8H,3-4H2,1-2H3. The van der Waals surface area contributed by atoms with E-state index < -0.39 is 33.7 Å². The summed E-state index contributed by atoms with van der Waals surface area (Å²) >= 11 is 1.69. The minimum atomic E-state index is -1.29. The highest BCUT2D eigenvalue weighted by Crippen LogP contribution is 2.28. The average molecular weight is 316 g/mol. The minimum Gasteiger partial charge on any atom is -0.334 e. The van der Waals surface area contributed by atoms with Crippen LogP contribution < -0.4 is 0 Å². The first-order valence-electron chi connectivity index (χ1n) is 6.39. The van der Waals surface area contributed by atoms with Gasteiger partial charge in [-0.25, -0.2) is 4.39 Å². The van der Waals surface area contributed by atoms with Gasteiger partial charge in [0.05, 0.1) is 16.6 Å². The summed E-state index contributed by atoms with van der Waals surface area (Å²) in [6, 6.07) is 1.03. The van der Waals surface area contributed by atoms with Crippen LogP contribution in [0.25, 0.3) is 0 Å². The van der Waals surface area contributed by atoms with Crippen molar-refractivity contribution in [2.24, 2.45) is 0 Å². The van der Waals surface area contributed by atoms with E-state index in [0.717, 1.165) is 0 Å². The van der Waals surface area contributed by atoms with Gasteiger partial charge < -0.3 is 4.90 Å². The van der Waals surface area contributed by atoms with Gasteiger partial charge in [0.15, 0.2) is 0 Å². The average Bonchev–Trinajstić information content (AvgIpc) is 2.43. The number of thioether (sulfide) groups is 1. The minimum absolute atomic E-state index is 0.155. The second-order valence-corrected chi connectivity index (χ2v) is 6.34. The third-order valence-corrected chi connectivity index (χ3v) is 4.93. The fourth-order valence-electron chi connectivity index (χ4n) is 2.24. The first kappa shape index (κ1) is 15.7. The van der Waals surface area contributed by atoms with Gasteiger partial charge in [0, 0.05) is 23.6 Å². The van der Waals surface area contributed by atoms with Crippen molar-refractivity contribution < 1.29 is 18.5 Å². The first-order valence-corrected chi connectivity index (χ1v) is 7.43. The molecule has 5 nitrogen and oxygen atoms in total. The van der Waals surface area contributed by atoms with Crippen LogP contribution in [0.1, 0.15) is 24.2 Å². The van der Waals surface area contributed by atoms with Crippen LogP contribution in [-0.2, 0) is 0 Å². The Hall–Kier alpha value is -1.70. The zero-order chi connectivity index (χ0) is 15.7. The maximum absolute atomic E-state index is 14.1. The molecule has 0 aromatic heterocycles. The molecule has 1 heterocycles. The normalized spacial score (nSPS) is 22.2. The second-order valence-electron chi connectivity index (χ2n) is 4.86. The van der Waals surface area contributed by atoms with Gasteiger partial charge in [0.1, 0.15) is 5.82 Å². The molecule has 1 aliphatic rings. The van der Waals surface area contributed by atoms with Gasteiger partial charge in [0.25, 0.3) is 5.91 Å². The number of amides is 1. The summed E-state index contributed by atoms with van der Waals surface area (Å²) < 4.78 is 27.5. The maximum atomic E-state index is 14.1. The number of carbonyl (C=O) groups is 1. The van der Waals surface area contributed by atoms with Gasteiger partial charge >= 0.3 is 5.69 Å². The Morgan fingerprint density at radius 2 is 2.10 bits per heavy atom. The van der Waals surface area contributed by atoms with Crippen LogP contribution in [0.15, 0.2) is 12.1 Å². The summed E-state index contributed by atoms with van der Waals surface area (Å²) in [6.07, 6.45) is 0. The molecule has 1 aromatic rings. The fraction of sp³-hybridized carbons (Fsp3) is 0.462. The van der Waals surface area contributed by atoms with Crippen LogP contribution >= 0.6 is 11.8 Å². The van der Waals surface area contributed by atoms with Crippen molar-refractivity contribution in [2.75, 3.05) is 12.3 Å². The number of nitro groups is 1. The SMILES string of the molecule is CC1SCCN(C(=O)c2cc(F)cc([N+](=O)[O-])c2F)C1C. The summed E-state index contributed by atoms with van der Waals surface area (Å²) in [4.78, 5) is 23.5. The van der Waals surface area contributed by atoms with Crippen molar-refractivity contribution in [3.63, 3.8) is 0 Å². The van der Waals surface area contributed by atoms with E-state index in [1.54, 1.807) is 11.8 Å². The molecule has 2 unspecified atom stereocenters. The molecule has 2 atom stereocenters. The van der Waals surface area contributed by atoms with E-state index in [0.29, 0.717) is 24.4 Å². The lowest BCUT2D eigenvalue weighted by Crippen LogP contribution is -2.48. The van der Waals surface area contributed by atoms with Gasteiger partial charge in [0.2, 0.25) is 5.82 Å². The van der Waals surface area contributed by atoms with E-state index in [9.17, 15) is 23.7 Å². The topological polar surface area (TPSA) is 63.5 Å². The molecule has 0 N–H and O–H groups in total. The van der Waals surface area contributed by atoms with E-state index in [2.05, 4.69) is 0 Å². The molecular formula is C13H14F2N2O3S. The molecule has 1 aliphatic heterocycles. The molecule has 0 aliphatic carbocycles. The van der Waals surface area contributed by atoms with Gasteiger partial charge in [-0.05, 0) is 13.0 Å². The molecule has 0 radical (unpaired) electrons. The molecule has 0 bridgehead atoms. The Morgan fingerprint density at radius 3 is 2.71 bits per heavy atom. The fourth-order valence-corrected chi connectivity index (χ4v) is 3.34. The predicted octanol–water partition coefficient (Wildman–Crippen LogP) is 2.84. The van der Waals surface area contributed by atoms with Crippen LogP contribution in [0.5, 0.6) is 0 Å². The second kappa shape index (κ2) is 5.97. The number of hydrogen-bond donors (Lipinski definition) is 0. The molecule has 8 heteroatoms. The van der Waals surface area contributed by atoms with Crippen molar-refractivity contribution in [1.29, 1.82) is 0 Å². The Morgan fingerprint density at radius 1 is 1.43 bits per heavy atom. The van der Waals surface area contributed by atoms with E-state index in [1.807, 2.05) is 13.8 Å². The van der Waals surface area contributed by atoms with Gasteiger partial charge in [-0.3, -0.25) is 14.9 Å². The number of benzene rings is 1. The lowest BCUT2D eigenvalue weighted by Gasteiger charge is -2.37. The predicted molar refractivity (Wildman–Crippen MR) is 75.4 cm³/mol. The number of nitrogens with zero attached hydrogens (tertiary/aromatic N) is 2. The maximum Gasteiger partial charge on any atom is 0.308 e. The van der Waals surface area contributed by atoms with Crippen LogP contribution in [0.4, 0.5) is 14.5 Å². The van der Waals surface area contributed by atoms with E-state index in [4.69, 9.17) is 0 Å². The van der Waals surface area contributed by atoms with Crippen molar-refractivity contribution in [3.05, 3.63) is 39.4 Å². The van der Waals surface area contributed by atoms with Crippen molar-refractivity contribution in [3.8, 4) is 0 Å². The lowest BCUT2D eigenvalue weighted by atomic mass is 10.1. The number of rotatable bonds is 2. The zero-order valence-electron chi connectivity index (χ0n) is 11.5. The highest BCUT2D eigenvalue weighted by molar-refractivity contribution is 8.00. The molecule has 1 aromatic carbocycles. The summed E-state index contributed by atoms with van der Waals surface area (Å²) in [5, 5.41) is 10.9. The van der Waals surface area contributed by atoms with Gasteiger partial charge in [-0.15, -0.1) is 0 Å². The summed E-state index contributed by atoms with van der Waals surface area (Å²) in [6.45, 7) is 4.16. The number of carbonyl (C=O) groups excluding carboxylic acids is 1. The Labute approximate surface area is 124 Å². The van der Waals surface area contributed by atoms with Crippen molar-refractivity contribution >= 4 is 23.4 Å². The Bertz CT molecular complexity index is 597. The van der Waals surface area contributed by atoms with Crippen LogP contribution in [0.2, 0.25) is 0 Å². The first-order chi connectivity index (χ1) is 9.82. The summed E-state index contributed by atoms with van der Waals surface area (Å²) in [5.41, 5.74) is -1.61.